The maximum Gasteiger partial charge on any atom is 0.124 e. The van der Waals surface area contributed by atoms with E-state index < -0.39 is 0 Å². The van der Waals surface area contributed by atoms with Crippen LogP contribution in [-0.2, 0) is 0 Å². The third kappa shape index (κ3) is 2.78. The van der Waals surface area contributed by atoms with Gasteiger partial charge in [0.05, 0.1) is 21.3 Å². The zero-order chi connectivity index (χ0) is 22.9. The Kier molecular flexibility index (Phi) is 4.01. The van der Waals surface area contributed by atoms with Crippen molar-refractivity contribution in [3.05, 3.63) is 109 Å². The van der Waals surface area contributed by atoms with Crippen LogP contribution in [0.3, 0.4) is 0 Å². The number of fused-ring (bicyclic) bond motifs is 8. The van der Waals surface area contributed by atoms with E-state index in [0.717, 1.165) is 16.1 Å². The number of thiophene rings is 1. The first kappa shape index (κ1) is 19.3. The van der Waals surface area contributed by atoms with E-state index in [1.54, 1.807) is 11.3 Å². The van der Waals surface area contributed by atoms with Crippen LogP contribution in [0, 0.1) is 0 Å². The lowest BCUT2D eigenvalue weighted by Crippen LogP contribution is -1.93. The third-order valence-corrected chi connectivity index (χ3v) is 9.06. The number of hydrogen-bond acceptors (Lipinski definition) is 3. The number of para-hydroxylation sites is 2. The number of rotatable bonds is 2. The van der Waals surface area contributed by atoms with E-state index in [1.165, 1.54) is 52.4 Å². The number of aromatic nitrogens is 2. The molecule has 0 atom stereocenters. The quantitative estimate of drug-likeness (QED) is 0.240. The Morgan fingerprint density at radius 3 is 1.89 bits per heavy atom. The second-order valence-corrected chi connectivity index (χ2v) is 10.9. The maximum absolute atomic E-state index is 5.14. The second kappa shape index (κ2) is 7.25. The molecule has 0 saturated heterocycles. The van der Waals surface area contributed by atoms with Crippen LogP contribution in [0.5, 0.6) is 0 Å². The molecule has 4 heteroatoms. The highest BCUT2D eigenvalue weighted by Gasteiger charge is 2.15. The minimum absolute atomic E-state index is 1.07. The highest BCUT2D eigenvalue weighted by Crippen LogP contribution is 2.41. The Morgan fingerprint density at radius 1 is 0.514 bits per heavy atom. The zero-order valence-corrected chi connectivity index (χ0v) is 20.2. The normalized spacial score (nSPS) is 12.0. The van der Waals surface area contributed by atoms with Crippen LogP contribution in [0.2, 0.25) is 0 Å². The number of thiazole rings is 1. The van der Waals surface area contributed by atoms with E-state index in [-0.39, 0.29) is 0 Å². The van der Waals surface area contributed by atoms with Gasteiger partial charge in [-0.25, -0.2) is 4.98 Å². The summed E-state index contributed by atoms with van der Waals surface area (Å²) in [5.41, 5.74) is 5.90. The van der Waals surface area contributed by atoms with Gasteiger partial charge in [0.15, 0.2) is 0 Å². The van der Waals surface area contributed by atoms with Crippen LogP contribution < -0.4 is 0 Å². The van der Waals surface area contributed by atoms with Crippen LogP contribution in [0.1, 0.15) is 0 Å². The average Bonchev–Trinajstić information content (AvgIpc) is 3.60. The molecule has 0 spiro atoms. The summed E-state index contributed by atoms with van der Waals surface area (Å²) in [7, 11) is 0. The molecule has 0 bridgehead atoms. The number of hydrogen-bond donors (Lipinski definition) is 0. The van der Waals surface area contributed by atoms with Crippen molar-refractivity contribution in [1.29, 1.82) is 0 Å². The third-order valence-electron chi connectivity index (χ3n) is 6.85. The summed E-state index contributed by atoms with van der Waals surface area (Å²) < 4.78 is 6.22. The molecular formula is C31H18N2S2. The highest BCUT2D eigenvalue weighted by atomic mass is 32.1. The first-order valence-corrected chi connectivity index (χ1v) is 13.3. The lowest BCUT2D eigenvalue weighted by molar-refractivity contribution is 1.18. The first-order chi connectivity index (χ1) is 17.3. The molecule has 0 N–H and O–H groups in total. The first-order valence-electron chi connectivity index (χ1n) is 11.6. The van der Waals surface area contributed by atoms with Gasteiger partial charge >= 0.3 is 0 Å². The molecule has 0 amide bonds. The van der Waals surface area contributed by atoms with E-state index in [9.17, 15) is 0 Å². The fourth-order valence-electron chi connectivity index (χ4n) is 5.28. The van der Waals surface area contributed by atoms with Crippen LogP contribution in [-0.4, -0.2) is 9.55 Å². The van der Waals surface area contributed by atoms with E-state index >= 15 is 0 Å². The molecule has 8 aromatic rings. The molecule has 3 aromatic heterocycles. The van der Waals surface area contributed by atoms with Crippen LogP contribution in [0.4, 0.5) is 0 Å². The largest absolute Gasteiger partial charge is 0.309 e. The van der Waals surface area contributed by atoms with Gasteiger partial charge in [0.1, 0.15) is 5.01 Å². The van der Waals surface area contributed by atoms with E-state index in [1.807, 2.05) is 11.3 Å². The Hall–Kier alpha value is -3.99. The van der Waals surface area contributed by atoms with Crippen molar-refractivity contribution in [2.24, 2.45) is 0 Å². The SMILES string of the molecule is c1ccc2c(c1)sc1ccc3sc(-c4ccc(-n5c6ccccc6c6ccccc65)cc4)nc3c12. The van der Waals surface area contributed by atoms with Crippen molar-refractivity contribution in [3.63, 3.8) is 0 Å². The molecule has 8 rings (SSSR count). The van der Waals surface area contributed by atoms with Crippen molar-refractivity contribution >= 4 is 74.9 Å². The fourth-order valence-corrected chi connectivity index (χ4v) is 7.37. The Labute approximate surface area is 209 Å². The summed E-state index contributed by atoms with van der Waals surface area (Å²) in [5.74, 6) is 0. The van der Waals surface area contributed by atoms with Crippen molar-refractivity contribution in [1.82, 2.24) is 9.55 Å². The summed E-state index contributed by atoms with van der Waals surface area (Å²) in [5, 5.41) is 6.22. The van der Waals surface area contributed by atoms with Gasteiger partial charge < -0.3 is 4.57 Å². The average molecular weight is 483 g/mol. The molecule has 3 heterocycles. The van der Waals surface area contributed by atoms with Gasteiger partial charge in [0.2, 0.25) is 0 Å². The molecule has 0 aliphatic heterocycles. The molecule has 164 valence electrons. The second-order valence-electron chi connectivity index (χ2n) is 8.82. The summed E-state index contributed by atoms with van der Waals surface area (Å²) in [6, 6.07) is 39.2. The molecule has 0 aliphatic rings. The Balaban J connectivity index is 1.29. The van der Waals surface area contributed by atoms with Gasteiger partial charge in [0, 0.05) is 42.2 Å². The predicted octanol–water partition coefficient (Wildman–Crippen LogP) is 9.43. The van der Waals surface area contributed by atoms with Gasteiger partial charge in [-0.2, -0.15) is 0 Å². The zero-order valence-electron chi connectivity index (χ0n) is 18.6. The maximum atomic E-state index is 5.14. The molecule has 0 aliphatic carbocycles. The molecule has 35 heavy (non-hydrogen) atoms. The predicted molar refractivity (Wildman–Crippen MR) is 152 cm³/mol. The van der Waals surface area contributed by atoms with Gasteiger partial charge in [-0.05, 0) is 54.6 Å². The van der Waals surface area contributed by atoms with Crippen molar-refractivity contribution in [2.75, 3.05) is 0 Å². The van der Waals surface area contributed by atoms with Crippen LogP contribution >= 0.6 is 22.7 Å². The van der Waals surface area contributed by atoms with Crippen LogP contribution in [0.15, 0.2) is 109 Å². The minimum Gasteiger partial charge on any atom is -0.309 e. The number of benzene rings is 5. The van der Waals surface area contributed by atoms with Gasteiger partial charge in [-0.15, -0.1) is 22.7 Å². The van der Waals surface area contributed by atoms with Crippen LogP contribution in [0.25, 0.3) is 68.5 Å². The standard InChI is InChI=1S/C31H18N2S2/c1-4-10-24-21(7-1)22-8-2-5-11-25(22)33(24)20-15-13-19(14-16-20)31-32-30-28(35-31)18-17-27-29(30)23-9-3-6-12-26(23)34-27/h1-18H. The monoisotopic (exact) mass is 482 g/mol. The highest BCUT2D eigenvalue weighted by molar-refractivity contribution is 7.26. The molecule has 0 unspecified atom stereocenters. The minimum atomic E-state index is 1.07. The Morgan fingerprint density at radius 2 is 1.14 bits per heavy atom. The van der Waals surface area contributed by atoms with E-state index in [4.69, 9.17) is 4.98 Å². The molecule has 5 aromatic carbocycles. The molecule has 2 nitrogen and oxygen atoms in total. The topological polar surface area (TPSA) is 17.8 Å². The fraction of sp³-hybridized carbons (Fsp3) is 0. The lowest BCUT2D eigenvalue weighted by atomic mass is 10.1. The summed E-state index contributed by atoms with van der Waals surface area (Å²) in [4.78, 5) is 5.14. The van der Waals surface area contributed by atoms with Gasteiger partial charge in [-0.3, -0.25) is 0 Å². The van der Waals surface area contributed by atoms with Crippen molar-refractivity contribution in [2.45, 2.75) is 0 Å². The molecular weight excluding hydrogens is 464 g/mol. The molecule has 0 radical (unpaired) electrons. The van der Waals surface area contributed by atoms with Crippen molar-refractivity contribution < 1.29 is 0 Å². The summed E-state index contributed by atoms with van der Waals surface area (Å²) in [6.07, 6.45) is 0. The summed E-state index contributed by atoms with van der Waals surface area (Å²) in [6.45, 7) is 0. The van der Waals surface area contributed by atoms with Crippen molar-refractivity contribution in [3.8, 4) is 16.3 Å². The van der Waals surface area contributed by atoms with E-state index in [2.05, 4.69) is 114 Å². The van der Waals surface area contributed by atoms with E-state index in [0.29, 0.717) is 0 Å². The lowest BCUT2D eigenvalue weighted by Gasteiger charge is -2.08. The molecule has 0 saturated carbocycles. The smallest absolute Gasteiger partial charge is 0.124 e. The molecule has 0 fully saturated rings. The Bertz CT molecular complexity index is 2000. The summed E-state index contributed by atoms with van der Waals surface area (Å²) >= 11 is 3.62. The van der Waals surface area contributed by atoms with Gasteiger partial charge in [-0.1, -0.05) is 54.6 Å². The number of nitrogens with zero attached hydrogens (tertiary/aromatic N) is 2. The van der Waals surface area contributed by atoms with Gasteiger partial charge in [0.25, 0.3) is 0 Å².